The Morgan fingerprint density at radius 1 is 1.64 bits per heavy atom. The molecule has 1 aromatic rings. The second-order valence-electron chi connectivity index (χ2n) is 1.83. The van der Waals surface area contributed by atoms with Gasteiger partial charge in [-0.1, -0.05) is 12.0 Å². The largest absolute Gasteiger partial charge is 0.469 e. The lowest BCUT2D eigenvalue weighted by Gasteiger charge is -1.94. The molecule has 0 amide bonds. The minimum atomic E-state index is 0.344. The Morgan fingerprint density at radius 2 is 2.45 bits per heavy atom. The van der Waals surface area contributed by atoms with E-state index in [0.29, 0.717) is 16.8 Å². The molecule has 0 aromatic carbocycles. The molecule has 0 aliphatic rings. The maximum absolute atomic E-state index is 8.38. The first-order valence-electron chi connectivity index (χ1n) is 3.23. The highest BCUT2D eigenvalue weighted by molar-refractivity contribution is 7.13. The van der Waals surface area contributed by atoms with Gasteiger partial charge in [0.25, 0.3) is 5.19 Å². The highest BCUT2D eigenvalue weighted by atomic mass is 32.1. The van der Waals surface area contributed by atoms with Gasteiger partial charge in [0, 0.05) is 0 Å². The Morgan fingerprint density at radius 3 is 3.00 bits per heavy atom. The topological polar surface area (TPSA) is 58.8 Å². The maximum atomic E-state index is 8.38. The van der Waals surface area contributed by atoms with Crippen molar-refractivity contribution in [1.29, 1.82) is 5.26 Å². The Labute approximate surface area is 68.4 Å². The highest BCUT2D eigenvalue weighted by Gasteiger charge is 2.01. The summed E-state index contributed by atoms with van der Waals surface area (Å²) in [6.45, 7) is 2.63. The Balaban J connectivity index is 2.53. The predicted octanol–water partition coefficient (Wildman–Crippen LogP) is 1.20. The normalized spacial score (nSPS) is 9.09. The SMILES string of the molecule is CCCOc1nnc(C#N)s1. The molecule has 0 bridgehead atoms. The monoisotopic (exact) mass is 169 g/mol. The molecule has 5 heteroatoms. The standard InChI is InChI=1S/C6H7N3OS/c1-2-3-10-6-9-8-5(4-7)11-6/h2-3H2,1H3. The number of rotatable bonds is 3. The van der Waals surface area contributed by atoms with Gasteiger partial charge in [-0.3, -0.25) is 0 Å². The third-order valence-electron chi connectivity index (χ3n) is 0.932. The van der Waals surface area contributed by atoms with Crippen molar-refractivity contribution in [3.63, 3.8) is 0 Å². The number of nitrogens with zero attached hydrogens (tertiary/aromatic N) is 3. The van der Waals surface area contributed by atoms with Crippen LogP contribution in [0.1, 0.15) is 18.4 Å². The first-order chi connectivity index (χ1) is 5.36. The molecule has 0 fully saturated rings. The molecule has 1 rings (SSSR count). The molecule has 0 aliphatic carbocycles. The molecule has 0 radical (unpaired) electrons. The van der Waals surface area contributed by atoms with Gasteiger partial charge in [0.1, 0.15) is 6.07 Å². The first-order valence-corrected chi connectivity index (χ1v) is 4.05. The van der Waals surface area contributed by atoms with Gasteiger partial charge in [0.15, 0.2) is 0 Å². The molecule has 0 atom stereocenters. The van der Waals surface area contributed by atoms with Crippen LogP contribution in [0, 0.1) is 11.3 Å². The molecule has 1 heterocycles. The zero-order valence-corrected chi connectivity index (χ0v) is 6.89. The van der Waals surface area contributed by atoms with Gasteiger partial charge in [-0.05, 0) is 17.8 Å². The van der Waals surface area contributed by atoms with Crippen LogP contribution in [0.25, 0.3) is 0 Å². The van der Waals surface area contributed by atoms with E-state index in [1.165, 1.54) is 11.3 Å². The van der Waals surface area contributed by atoms with E-state index >= 15 is 0 Å². The lowest BCUT2D eigenvalue weighted by molar-refractivity contribution is 0.313. The fourth-order valence-corrected chi connectivity index (χ4v) is 1.02. The van der Waals surface area contributed by atoms with Crippen LogP contribution < -0.4 is 4.74 Å². The van der Waals surface area contributed by atoms with Crippen LogP contribution in [0.15, 0.2) is 0 Å². The van der Waals surface area contributed by atoms with Gasteiger partial charge in [-0.15, -0.1) is 5.10 Å². The van der Waals surface area contributed by atoms with E-state index < -0.39 is 0 Å². The van der Waals surface area contributed by atoms with Gasteiger partial charge in [-0.25, -0.2) is 0 Å². The van der Waals surface area contributed by atoms with Crippen LogP contribution >= 0.6 is 11.3 Å². The maximum Gasteiger partial charge on any atom is 0.295 e. The fraction of sp³-hybridized carbons (Fsp3) is 0.500. The van der Waals surface area contributed by atoms with E-state index in [-0.39, 0.29) is 0 Å². The van der Waals surface area contributed by atoms with Crippen molar-refractivity contribution in [2.75, 3.05) is 6.61 Å². The number of nitriles is 1. The summed E-state index contributed by atoms with van der Waals surface area (Å²) >= 11 is 1.17. The van der Waals surface area contributed by atoms with Gasteiger partial charge >= 0.3 is 0 Å². The van der Waals surface area contributed by atoms with E-state index in [0.717, 1.165) is 6.42 Å². The zero-order chi connectivity index (χ0) is 8.10. The van der Waals surface area contributed by atoms with Gasteiger partial charge in [-0.2, -0.15) is 5.26 Å². The molecule has 0 N–H and O–H groups in total. The predicted molar refractivity (Wildman–Crippen MR) is 40.4 cm³/mol. The van der Waals surface area contributed by atoms with Gasteiger partial charge < -0.3 is 4.74 Å². The minimum absolute atomic E-state index is 0.344. The van der Waals surface area contributed by atoms with Crippen LogP contribution in [0.2, 0.25) is 0 Å². The number of hydrogen-bond donors (Lipinski definition) is 0. The third-order valence-corrected chi connectivity index (χ3v) is 1.67. The average Bonchev–Trinajstić information content (AvgIpc) is 2.48. The molecule has 0 spiro atoms. The second-order valence-corrected chi connectivity index (χ2v) is 2.77. The van der Waals surface area contributed by atoms with E-state index in [2.05, 4.69) is 10.2 Å². The summed E-state index contributed by atoms with van der Waals surface area (Å²) in [5.41, 5.74) is 0. The van der Waals surface area contributed by atoms with Crippen molar-refractivity contribution >= 4 is 11.3 Å². The molecule has 1 aromatic heterocycles. The molecule has 0 unspecified atom stereocenters. The average molecular weight is 169 g/mol. The summed E-state index contributed by atoms with van der Waals surface area (Å²) in [4.78, 5) is 0. The van der Waals surface area contributed by atoms with Crippen LogP contribution in [0.5, 0.6) is 5.19 Å². The Bertz CT molecular complexity index is 265. The molecular weight excluding hydrogens is 162 g/mol. The molecule has 58 valence electrons. The second kappa shape index (κ2) is 3.88. The van der Waals surface area contributed by atoms with Crippen molar-refractivity contribution in [3.05, 3.63) is 5.01 Å². The Hall–Kier alpha value is -1.15. The van der Waals surface area contributed by atoms with Crippen molar-refractivity contribution in [2.24, 2.45) is 0 Å². The number of aromatic nitrogens is 2. The zero-order valence-electron chi connectivity index (χ0n) is 6.07. The van der Waals surface area contributed by atoms with Crippen molar-refractivity contribution in [3.8, 4) is 11.3 Å². The van der Waals surface area contributed by atoms with E-state index in [1.54, 1.807) is 0 Å². The van der Waals surface area contributed by atoms with Crippen LogP contribution in [0.4, 0.5) is 0 Å². The van der Waals surface area contributed by atoms with Crippen LogP contribution in [-0.4, -0.2) is 16.8 Å². The van der Waals surface area contributed by atoms with Crippen molar-refractivity contribution in [2.45, 2.75) is 13.3 Å². The van der Waals surface area contributed by atoms with Crippen LogP contribution in [-0.2, 0) is 0 Å². The van der Waals surface area contributed by atoms with E-state index in [4.69, 9.17) is 10.00 Å². The molecular formula is C6H7N3OS. The lowest BCUT2D eigenvalue weighted by atomic mass is 10.5. The number of ether oxygens (including phenoxy) is 1. The quantitative estimate of drug-likeness (QED) is 0.682. The van der Waals surface area contributed by atoms with Crippen molar-refractivity contribution < 1.29 is 4.74 Å². The molecule has 4 nitrogen and oxygen atoms in total. The summed E-state index contributed by atoms with van der Waals surface area (Å²) in [5, 5.41) is 16.4. The molecule has 0 saturated carbocycles. The van der Waals surface area contributed by atoms with Crippen molar-refractivity contribution in [1.82, 2.24) is 10.2 Å². The van der Waals surface area contributed by atoms with Gasteiger partial charge in [0.05, 0.1) is 6.61 Å². The summed E-state index contributed by atoms with van der Waals surface area (Å²) in [6, 6.07) is 1.89. The summed E-state index contributed by atoms with van der Waals surface area (Å²) in [5.74, 6) is 0. The van der Waals surface area contributed by atoms with Crippen LogP contribution in [0.3, 0.4) is 0 Å². The summed E-state index contributed by atoms with van der Waals surface area (Å²) < 4.78 is 5.13. The number of hydrogen-bond acceptors (Lipinski definition) is 5. The summed E-state index contributed by atoms with van der Waals surface area (Å²) in [7, 11) is 0. The molecule has 11 heavy (non-hydrogen) atoms. The summed E-state index contributed by atoms with van der Waals surface area (Å²) in [6.07, 6.45) is 0.932. The highest BCUT2D eigenvalue weighted by Crippen LogP contribution is 2.16. The van der Waals surface area contributed by atoms with E-state index in [9.17, 15) is 0 Å². The van der Waals surface area contributed by atoms with Gasteiger partial charge in [0.2, 0.25) is 5.01 Å². The van der Waals surface area contributed by atoms with E-state index in [1.807, 2.05) is 13.0 Å². The first kappa shape index (κ1) is 7.95. The third kappa shape index (κ3) is 2.16. The molecule has 0 aliphatic heterocycles. The Kier molecular flexibility index (Phi) is 2.81. The smallest absolute Gasteiger partial charge is 0.295 e. The minimum Gasteiger partial charge on any atom is -0.469 e. The fourth-order valence-electron chi connectivity index (χ4n) is 0.503. The lowest BCUT2D eigenvalue weighted by Crippen LogP contribution is -1.93. The molecule has 0 saturated heterocycles.